The number of aliphatic hydroxyl groups is 1. The van der Waals surface area contributed by atoms with Gasteiger partial charge >= 0.3 is 0 Å². The predicted molar refractivity (Wildman–Crippen MR) is 53.3 cm³/mol. The molecule has 1 aromatic rings. The Morgan fingerprint density at radius 2 is 2.19 bits per heavy atom. The first-order chi connectivity index (χ1) is 7.54. The van der Waals surface area contributed by atoms with Crippen molar-refractivity contribution in [2.75, 3.05) is 6.54 Å². The first-order valence-electron chi connectivity index (χ1n) is 4.64. The van der Waals surface area contributed by atoms with Gasteiger partial charge in [-0.1, -0.05) is 0 Å². The molecule has 0 aromatic heterocycles. The van der Waals surface area contributed by atoms with Crippen molar-refractivity contribution in [3.8, 4) is 0 Å². The highest BCUT2D eigenvalue weighted by atomic mass is 19.1. The maximum atomic E-state index is 13.1. The van der Waals surface area contributed by atoms with E-state index >= 15 is 0 Å². The van der Waals surface area contributed by atoms with Gasteiger partial charge < -0.3 is 16.2 Å². The lowest BCUT2D eigenvalue weighted by molar-refractivity contribution is -0.128. The Balaban J connectivity index is 2.61. The molecular weight excluding hydrogens is 218 g/mol. The first kappa shape index (κ1) is 12.5. The van der Waals surface area contributed by atoms with Gasteiger partial charge in [0.1, 0.15) is 17.7 Å². The molecule has 0 saturated heterocycles. The van der Waals surface area contributed by atoms with E-state index in [2.05, 4.69) is 5.32 Å². The Hall–Kier alpha value is -1.53. The monoisotopic (exact) mass is 230 g/mol. The standard InChI is InChI=1S/C10H12F2N2O2/c11-7-1-2-8(12)6(3-7)5-14-10(16)9(15)4-13/h1-3,9,15H,4-5,13H2,(H,14,16). The molecule has 0 heterocycles. The van der Waals surface area contributed by atoms with Gasteiger partial charge in [0, 0.05) is 18.7 Å². The lowest BCUT2D eigenvalue weighted by atomic mass is 10.2. The van der Waals surface area contributed by atoms with Crippen molar-refractivity contribution in [2.24, 2.45) is 5.73 Å². The third kappa shape index (κ3) is 3.25. The van der Waals surface area contributed by atoms with Crippen molar-refractivity contribution in [3.05, 3.63) is 35.4 Å². The molecule has 1 amide bonds. The normalized spacial score (nSPS) is 12.2. The van der Waals surface area contributed by atoms with E-state index in [1.807, 2.05) is 0 Å². The van der Waals surface area contributed by atoms with Crippen LogP contribution >= 0.6 is 0 Å². The third-order valence-electron chi connectivity index (χ3n) is 1.99. The highest BCUT2D eigenvalue weighted by molar-refractivity contribution is 5.80. The van der Waals surface area contributed by atoms with E-state index in [4.69, 9.17) is 10.8 Å². The average Bonchev–Trinajstić information content (AvgIpc) is 2.28. The molecule has 1 unspecified atom stereocenters. The van der Waals surface area contributed by atoms with Crippen molar-refractivity contribution in [3.63, 3.8) is 0 Å². The summed E-state index contributed by atoms with van der Waals surface area (Å²) in [5.74, 6) is -1.93. The van der Waals surface area contributed by atoms with Crippen LogP contribution in [0.2, 0.25) is 0 Å². The number of aliphatic hydroxyl groups excluding tert-OH is 1. The highest BCUT2D eigenvalue weighted by Gasteiger charge is 2.13. The van der Waals surface area contributed by atoms with Crippen LogP contribution in [-0.4, -0.2) is 23.7 Å². The molecule has 0 radical (unpaired) electrons. The van der Waals surface area contributed by atoms with E-state index in [1.165, 1.54) is 0 Å². The molecule has 0 saturated carbocycles. The van der Waals surface area contributed by atoms with Gasteiger partial charge in [-0.2, -0.15) is 0 Å². The summed E-state index contributed by atoms with van der Waals surface area (Å²) in [5, 5.41) is 11.3. The fraction of sp³-hybridized carbons (Fsp3) is 0.300. The van der Waals surface area contributed by atoms with Crippen LogP contribution in [0.25, 0.3) is 0 Å². The molecule has 1 aromatic carbocycles. The Kier molecular flexibility index (Phi) is 4.33. The van der Waals surface area contributed by atoms with E-state index < -0.39 is 23.6 Å². The minimum Gasteiger partial charge on any atom is -0.382 e. The summed E-state index contributed by atoms with van der Waals surface area (Å²) in [6, 6.07) is 2.93. The Bertz CT molecular complexity index is 385. The molecule has 16 heavy (non-hydrogen) atoms. The smallest absolute Gasteiger partial charge is 0.250 e. The predicted octanol–water partition coefficient (Wildman–Crippen LogP) is -0.0994. The second-order valence-corrected chi connectivity index (χ2v) is 3.21. The molecule has 88 valence electrons. The van der Waals surface area contributed by atoms with E-state index in [-0.39, 0.29) is 18.7 Å². The second kappa shape index (κ2) is 5.53. The van der Waals surface area contributed by atoms with Crippen molar-refractivity contribution in [2.45, 2.75) is 12.6 Å². The SMILES string of the molecule is NCC(O)C(=O)NCc1cc(F)ccc1F. The van der Waals surface area contributed by atoms with Crippen molar-refractivity contribution >= 4 is 5.91 Å². The largest absolute Gasteiger partial charge is 0.382 e. The van der Waals surface area contributed by atoms with E-state index in [0.29, 0.717) is 0 Å². The minimum absolute atomic E-state index is 0.0116. The topological polar surface area (TPSA) is 75.3 Å². The summed E-state index contributed by atoms with van der Waals surface area (Å²) in [7, 11) is 0. The zero-order valence-electron chi connectivity index (χ0n) is 8.41. The van der Waals surface area contributed by atoms with Gasteiger partial charge in [-0.15, -0.1) is 0 Å². The van der Waals surface area contributed by atoms with Gasteiger partial charge in [0.15, 0.2) is 0 Å². The van der Waals surface area contributed by atoms with Gasteiger partial charge in [-0.25, -0.2) is 8.78 Å². The van der Waals surface area contributed by atoms with Crippen LogP contribution in [0, 0.1) is 11.6 Å². The van der Waals surface area contributed by atoms with Gasteiger partial charge in [-0.05, 0) is 18.2 Å². The summed E-state index contributed by atoms with van der Waals surface area (Å²) in [4.78, 5) is 11.1. The average molecular weight is 230 g/mol. The second-order valence-electron chi connectivity index (χ2n) is 3.21. The Labute approximate surface area is 91.1 Å². The number of benzene rings is 1. The first-order valence-corrected chi connectivity index (χ1v) is 4.64. The van der Waals surface area contributed by atoms with E-state index in [9.17, 15) is 13.6 Å². The molecule has 1 atom stereocenters. The van der Waals surface area contributed by atoms with Gasteiger partial charge in [0.25, 0.3) is 0 Å². The molecular formula is C10H12F2N2O2. The molecule has 4 N–H and O–H groups in total. The minimum atomic E-state index is -1.34. The molecule has 1 rings (SSSR count). The summed E-state index contributed by atoms with van der Waals surface area (Å²) >= 11 is 0. The zero-order chi connectivity index (χ0) is 12.1. The molecule has 0 fully saturated rings. The number of nitrogens with two attached hydrogens (primary N) is 1. The number of nitrogens with one attached hydrogen (secondary N) is 1. The molecule has 4 nitrogen and oxygen atoms in total. The number of amides is 1. The number of halogens is 2. The molecule has 0 aliphatic heterocycles. The molecule has 0 aliphatic carbocycles. The van der Waals surface area contributed by atoms with Crippen LogP contribution in [-0.2, 0) is 11.3 Å². The van der Waals surface area contributed by atoms with Gasteiger partial charge in [-0.3, -0.25) is 4.79 Å². The maximum Gasteiger partial charge on any atom is 0.250 e. The van der Waals surface area contributed by atoms with Crippen LogP contribution in [0.5, 0.6) is 0 Å². The number of carbonyl (C=O) groups is 1. The Morgan fingerprint density at radius 3 is 2.81 bits per heavy atom. The third-order valence-corrected chi connectivity index (χ3v) is 1.99. The number of hydrogen-bond acceptors (Lipinski definition) is 3. The van der Waals surface area contributed by atoms with Gasteiger partial charge in [0.05, 0.1) is 0 Å². The summed E-state index contributed by atoms with van der Waals surface area (Å²) in [5.41, 5.74) is 5.06. The number of rotatable bonds is 4. The zero-order valence-corrected chi connectivity index (χ0v) is 8.41. The molecule has 0 spiro atoms. The lowest BCUT2D eigenvalue weighted by Crippen LogP contribution is -2.38. The summed E-state index contributed by atoms with van der Waals surface area (Å²) in [6.45, 7) is -0.420. The van der Waals surface area contributed by atoms with Crippen molar-refractivity contribution < 1.29 is 18.7 Å². The number of hydrogen-bond donors (Lipinski definition) is 3. The fourth-order valence-electron chi connectivity index (χ4n) is 1.09. The van der Waals surface area contributed by atoms with Crippen molar-refractivity contribution in [1.29, 1.82) is 0 Å². The van der Waals surface area contributed by atoms with Crippen molar-refractivity contribution in [1.82, 2.24) is 5.32 Å². The molecule has 6 heteroatoms. The van der Waals surface area contributed by atoms with E-state index in [1.54, 1.807) is 0 Å². The molecule has 0 aliphatic rings. The highest BCUT2D eigenvalue weighted by Crippen LogP contribution is 2.09. The Morgan fingerprint density at radius 1 is 1.50 bits per heavy atom. The molecule has 0 bridgehead atoms. The maximum absolute atomic E-state index is 13.1. The quantitative estimate of drug-likeness (QED) is 0.676. The van der Waals surface area contributed by atoms with Gasteiger partial charge in [0.2, 0.25) is 5.91 Å². The van der Waals surface area contributed by atoms with Crippen LogP contribution in [0.3, 0.4) is 0 Å². The van der Waals surface area contributed by atoms with E-state index in [0.717, 1.165) is 18.2 Å². The fourth-order valence-corrected chi connectivity index (χ4v) is 1.09. The van der Waals surface area contributed by atoms with Crippen LogP contribution < -0.4 is 11.1 Å². The van der Waals surface area contributed by atoms with Crippen LogP contribution in [0.4, 0.5) is 8.78 Å². The summed E-state index contributed by atoms with van der Waals surface area (Å²) < 4.78 is 25.8. The number of carbonyl (C=O) groups excluding carboxylic acids is 1. The van der Waals surface area contributed by atoms with Crippen LogP contribution in [0.1, 0.15) is 5.56 Å². The van der Waals surface area contributed by atoms with Crippen LogP contribution in [0.15, 0.2) is 18.2 Å². The lowest BCUT2D eigenvalue weighted by Gasteiger charge is -2.09. The summed E-state index contributed by atoms with van der Waals surface area (Å²) in [6.07, 6.45) is -1.34.